The van der Waals surface area contributed by atoms with Crippen molar-refractivity contribution in [3.8, 4) is 17.2 Å². The third-order valence-electron chi connectivity index (χ3n) is 9.66. The first-order chi connectivity index (χ1) is 26.4. The monoisotopic (exact) mass is 818 g/mol. The van der Waals surface area contributed by atoms with E-state index in [1.165, 1.54) is 40.1 Å². The number of urea groups is 3. The molecule has 6 rings (SSSR count). The van der Waals surface area contributed by atoms with Crippen LogP contribution in [-0.2, 0) is 15.8 Å². The fourth-order valence-electron chi connectivity index (χ4n) is 6.70. The molecule has 19 nitrogen and oxygen atoms in total. The molecule has 2 saturated heterocycles. The summed E-state index contributed by atoms with van der Waals surface area (Å²) >= 11 is 6.02. The minimum absolute atomic E-state index is 0.0351. The highest BCUT2D eigenvalue weighted by molar-refractivity contribution is 7.60. The number of piperidine rings is 1. The van der Waals surface area contributed by atoms with Gasteiger partial charge in [-0.15, -0.1) is 0 Å². The van der Waals surface area contributed by atoms with E-state index in [4.69, 9.17) is 16.3 Å². The van der Waals surface area contributed by atoms with Gasteiger partial charge >= 0.3 is 38.8 Å². The smallest absolute Gasteiger partial charge is 0.534 e. The van der Waals surface area contributed by atoms with Gasteiger partial charge in [0.2, 0.25) is 5.91 Å². The van der Waals surface area contributed by atoms with Crippen molar-refractivity contribution in [2.24, 2.45) is 0 Å². The largest absolute Gasteiger partial charge is 0.547 e. The maximum Gasteiger partial charge on any atom is 0.547 e. The number of benzene rings is 3. The molecule has 9 N–H and O–H groups in total. The number of nitrogens with one attached hydrogen (secondary N) is 3. The highest BCUT2D eigenvalue weighted by Crippen LogP contribution is 2.39. The summed E-state index contributed by atoms with van der Waals surface area (Å²) < 4.78 is 31.3. The van der Waals surface area contributed by atoms with Crippen molar-refractivity contribution >= 4 is 67.3 Å². The summed E-state index contributed by atoms with van der Waals surface area (Å²) in [5.74, 6) is -6.39. The zero-order valence-electron chi connectivity index (χ0n) is 29.0. The van der Waals surface area contributed by atoms with Gasteiger partial charge in [0.1, 0.15) is 28.2 Å². The van der Waals surface area contributed by atoms with Crippen LogP contribution in [0.15, 0.2) is 48.5 Å². The number of rotatable bonds is 8. The van der Waals surface area contributed by atoms with Crippen LogP contribution in [0.3, 0.4) is 0 Å². The zero-order valence-corrected chi connectivity index (χ0v) is 30.6. The van der Waals surface area contributed by atoms with E-state index >= 15 is 0 Å². The SMILES string of the molecule is O=C(O)c1c(F)ccc2c1OB(O)[C@@H](NC(=O)C(NC(=O)N1CCN(C3CCN(C(=O)Nc4ccc(O)c(O)c4Cl)CC3)C1=O)c1ccc(P(=O)(O)O)cc1)C2. The fraction of sp³-hybridized carbons (Fsp3) is 0.303. The second-order valence-electron chi connectivity index (χ2n) is 13.1. The Balaban J connectivity index is 1.12. The van der Waals surface area contributed by atoms with Gasteiger partial charge in [0.25, 0.3) is 0 Å². The molecule has 0 bridgehead atoms. The molecule has 0 radical (unpaired) electrons. The third kappa shape index (κ3) is 8.17. The zero-order chi connectivity index (χ0) is 40.6. The lowest BCUT2D eigenvalue weighted by Crippen LogP contribution is -2.56. The Morgan fingerprint density at radius 2 is 1.64 bits per heavy atom. The Labute approximate surface area is 321 Å². The molecular weight excluding hydrogens is 785 g/mol. The molecule has 3 aliphatic heterocycles. The van der Waals surface area contributed by atoms with Gasteiger partial charge in [-0.05, 0) is 60.7 Å². The van der Waals surface area contributed by atoms with Crippen molar-refractivity contribution in [3.05, 3.63) is 76.1 Å². The molecule has 3 aromatic carbocycles. The average molecular weight is 819 g/mol. The molecule has 2 fully saturated rings. The Morgan fingerprint density at radius 3 is 2.29 bits per heavy atom. The van der Waals surface area contributed by atoms with Crippen LogP contribution in [0.4, 0.5) is 24.5 Å². The van der Waals surface area contributed by atoms with E-state index in [9.17, 15) is 63.1 Å². The van der Waals surface area contributed by atoms with Gasteiger partial charge in [-0.3, -0.25) is 9.36 Å². The highest BCUT2D eigenvalue weighted by Gasteiger charge is 2.42. The first kappa shape index (κ1) is 40.1. The second kappa shape index (κ2) is 15.9. The van der Waals surface area contributed by atoms with Crippen LogP contribution in [0.25, 0.3) is 0 Å². The normalized spacial score (nSPS) is 17.9. The Hall–Kier alpha value is -5.60. The predicted octanol–water partition coefficient (Wildman–Crippen LogP) is 1.72. The molecule has 56 heavy (non-hydrogen) atoms. The molecule has 3 aromatic rings. The minimum atomic E-state index is -4.69. The first-order valence-corrected chi connectivity index (χ1v) is 18.9. The molecule has 1 unspecified atom stereocenters. The van der Waals surface area contributed by atoms with Gasteiger partial charge < -0.3 is 60.5 Å². The van der Waals surface area contributed by atoms with Gasteiger partial charge in [-0.25, -0.2) is 28.5 Å². The van der Waals surface area contributed by atoms with Crippen LogP contribution < -0.4 is 25.9 Å². The second-order valence-corrected chi connectivity index (χ2v) is 15.1. The van der Waals surface area contributed by atoms with Gasteiger partial charge in [0.15, 0.2) is 11.5 Å². The summed E-state index contributed by atoms with van der Waals surface area (Å²) in [5, 5.41) is 46.5. The predicted molar refractivity (Wildman–Crippen MR) is 194 cm³/mol. The molecule has 0 aromatic heterocycles. The van der Waals surface area contributed by atoms with Crippen molar-refractivity contribution in [2.45, 2.75) is 37.3 Å². The van der Waals surface area contributed by atoms with Crippen LogP contribution >= 0.6 is 19.2 Å². The van der Waals surface area contributed by atoms with Crippen LogP contribution in [0.2, 0.25) is 5.02 Å². The van der Waals surface area contributed by atoms with Gasteiger partial charge in [0, 0.05) is 32.2 Å². The van der Waals surface area contributed by atoms with Crippen molar-refractivity contribution in [1.29, 1.82) is 0 Å². The molecule has 0 saturated carbocycles. The summed E-state index contributed by atoms with van der Waals surface area (Å²) in [4.78, 5) is 88.5. The third-order valence-corrected chi connectivity index (χ3v) is 11.0. The van der Waals surface area contributed by atoms with Crippen LogP contribution in [0.5, 0.6) is 17.2 Å². The number of amides is 7. The number of nitrogens with zero attached hydrogens (tertiary/aromatic N) is 3. The molecule has 3 aliphatic rings. The molecule has 7 amide bonds. The number of aromatic hydroxyl groups is 2. The van der Waals surface area contributed by atoms with Crippen molar-refractivity contribution in [3.63, 3.8) is 0 Å². The molecule has 0 spiro atoms. The molecule has 296 valence electrons. The van der Waals surface area contributed by atoms with Crippen molar-refractivity contribution in [2.75, 3.05) is 31.5 Å². The van der Waals surface area contributed by atoms with Gasteiger partial charge in [-0.1, -0.05) is 29.8 Å². The maximum atomic E-state index is 14.2. The van der Waals surface area contributed by atoms with Crippen LogP contribution in [0, 0.1) is 5.82 Å². The fourth-order valence-corrected chi connectivity index (χ4v) is 7.44. The average Bonchev–Trinajstić information content (AvgIpc) is 3.54. The van der Waals surface area contributed by atoms with E-state index in [0.717, 1.165) is 23.1 Å². The number of likely N-dealkylation sites (tertiary alicyclic amines) is 1. The molecule has 23 heteroatoms. The number of halogens is 2. The first-order valence-electron chi connectivity index (χ1n) is 17.0. The number of imide groups is 1. The van der Waals surface area contributed by atoms with Crippen molar-refractivity contribution in [1.82, 2.24) is 25.3 Å². The summed E-state index contributed by atoms with van der Waals surface area (Å²) in [6.07, 6.45) is 0.472. The minimum Gasteiger partial charge on any atom is -0.534 e. The summed E-state index contributed by atoms with van der Waals surface area (Å²) in [6.45, 7) is 0.487. The van der Waals surface area contributed by atoms with E-state index in [1.54, 1.807) is 0 Å². The molecule has 2 atom stereocenters. The standard InChI is InChI=1S/C33H34BClFN6O13P/c35-25-21(7-8-22(43)27(25)44)37-31(48)40-11-9-18(10-12-40)41-13-14-42(33(41)50)32(49)39-26(16-1-4-19(5-2-16)56(52,53)54)29(45)38-23-15-17-3-6-20(36)24(30(46)47)28(17)55-34(23)51/h1-8,18,23,26,43-44,51H,9-15H2,(H,37,48)(H,38,45)(H,39,49)(H,46,47)(H2,52,53,54)/t23-,26?/m0/s1. The van der Waals surface area contributed by atoms with E-state index in [-0.39, 0.29) is 65.8 Å². The number of phenolic OH excluding ortho intramolecular Hbond substituents is 2. The van der Waals surface area contributed by atoms with E-state index in [0.29, 0.717) is 12.8 Å². The lowest BCUT2D eigenvalue weighted by atomic mass is 9.72. The van der Waals surface area contributed by atoms with E-state index in [2.05, 4.69) is 16.0 Å². The molecule has 3 heterocycles. The van der Waals surface area contributed by atoms with Crippen LogP contribution in [0.1, 0.15) is 40.4 Å². The summed E-state index contributed by atoms with van der Waals surface area (Å²) in [6, 6.07) is 4.93. The summed E-state index contributed by atoms with van der Waals surface area (Å²) in [7, 11) is -6.55. The van der Waals surface area contributed by atoms with E-state index in [1.807, 2.05) is 0 Å². The van der Waals surface area contributed by atoms with E-state index < -0.39 is 85.3 Å². The lowest BCUT2D eigenvalue weighted by Gasteiger charge is -2.36. The highest BCUT2D eigenvalue weighted by atomic mass is 35.5. The molecule has 0 aliphatic carbocycles. The van der Waals surface area contributed by atoms with Gasteiger partial charge in [-0.2, -0.15) is 0 Å². The van der Waals surface area contributed by atoms with Gasteiger partial charge in [0.05, 0.1) is 16.9 Å². The number of carboxylic acids is 1. The number of fused-ring (bicyclic) bond motifs is 1. The topological polar surface area (TPSA) is 279 Å². The number of carbonyl (C=O) groups is 5. The lowest BCUT2D eigenvalue weighted by molar-refractivity contribution is -0.123. The quantitative estimate of drug-likeness (QED) is 0.0679. The number of aromatic carboxylic acids is 1. The molecular formula is C33H34BClFN6O13P. The number of hydrogen-bond donors (Lipinski definition) is 9. The Kier molecular flexibility index (Phi) is 11.4. The van der Waals surface area contributed by atoms with Crippen LogP contribution in [-0.4, -0.2) is 120 Å². The number of carbonyl (C=O) groups excluding carboxylic acids is 4. The number of phenols is 2. The maximum absolute atomic E-state index is 14.2. The summed E-state index contributed by atoms with van der Waals surface area (Å²) in [5.41, 5.74) is -0.537. The Bertz CT molecular complexity index is 2140. The number of hydrogen-bond acceptors (Lipinski definition) is 10. The number of carboxylic acid groups (broad SMARTS) is 1. The van der Waals surface area contributed by atoms with Crippen molar-refractivity contribution < 1.29 is 67.7 Å². The Morgan fingerprint density at radius 1 is 0.964 bits per heavy atom. The number of anilines is 1.